The lowest BCUT2D eigenvalue weighted by atomic mass is 10.2. The second kappa shape index (κ2) is 5.04. The van der Waals surface area contributed by atoms with Gasteiger partial charge in [0.1, 0.15) is 0 Å². The van der Waals surface area contributed by atoms with Gasteiger partial charge in [-0.05, 0) is 24.6 Å². The van der Waals surface area contributed by atoms with E-state index < -0.39 is 33.7 Å². The van der Waals surface area contributed by atoms with Gasteiger partial charge in [0, 0.05) is 0 Å². The first-order chi connectivity index (χ1) is 9.20. The molecule has 4 N–H and O–H groups in total. The van der Waals surface area contributed by atoms with Crippen molar-refractivity contribution in [3.63, 3.8) is 0 Å². The Morgan fingerprint density at radius 2 is 2.00 bits per heavy atom. The molecule has 1 amide bonds. The molecule has 1 aromatic carbocycles. The zero-order chi connectivity index (χ0) is 15.1. The van der Waals surface area contributed by atoms with Crippen molar-refractivity contribution < 1.29 is 23.1 Å². The summed E-state index contributed by atoms with van der Waals surface area (Å²) in [4.78, 5) is 22.3. The summed E-state index contributed by atoms with van der Waals surface area (Å²) < 4.78 is 22.4. The van der Waals surface area contributed by atoms with Gasteiger partial charge >= 0.3 is 5.97 Å². The van der Waals surface area contributed by atoms with Crippen molar-refractivity contribution in [3.05, 3.63) is 23.2 Å². The molecule has 2 atom stereocenters. The van der Waals surface area contributed by atoms with E-state index in [-0.39, 0.29) is 22.0 Å². The van der Waals surface area contributed by atoms with Gasteiger partial charge in [0.15, 0.2) is 0 Å². The highest BCUT2D eigenvalue weighted by atomic mass is 35.5. The fourth-order valence-corrected chi connectivity index (χ4v) is 2.46. The topological polar surface area (TPSA) is 127 Å². The van der Waals surface area contributed by atoms with Crippen molar-refractivity contribution in [3.8, 4) is 0 Å². The summed E-state index contributed by atoms with van der Waals surface area (Å²) in [7, 11) is -3.91. The molecular formula is C11H11ClN2O5S. The lowest BCUT2D eigenvalue weighted by molar-refractivity contribution is -0.139. The van der Waals surface area contributed by atoms with Gasteiger partial charge in [0.25, 0.3) is 0 Å². The number of halogens is 1. The molecule has 20 heavy (non-hydrogen) atoms. The maximum atomic E-state index is 11.8. The summed E-state index contributed by atoms with van der Waals surface area (Å²) in [6, 6.07) is 3.64. The van der Waals surface area contributed by atoms with E-state index in [1.165, 1.54) is 12.1 Å². The molecule has 9 heteroatoms. The molecule has 1 aliphatic rings. The van der Waals surface area contributed by atoms with Crippen molar-refractivity contribution in [2.45, 2.75) is 11.3 Å². The van der Waals surface area contributed by atoms with E-state index in [4.69, 9.17) is 21.8 Å². The summed E-state index contributed by atoms with van der Waals surface area (Å²) in [5, 5.41) is 16.3. The van der Waals surface area contributed by atoms with Crippen LogP contribution in [0.25, 0.3) is 0 Å². The molecule has 0 radical (unpaired) electrons. The highest BCUT2D eigenvalue weighted by Gasteiger charge is 2.48. The smallest absolute Gasteiger partial charge is 0.307 e. The lowest BCUT2D eigenvalue weighted by Crippen LogP contribution is -2.18. The first-order valence-electron chi connectivity index (χ1n) is 5.56. The van der Waals surface area contributed by atoms with E-state index in [9.17, 15) is 18.0 Å². The van der Waals surface area contributed by atoms with E-state index in [2.05, 4.69) is 5.32 Å². The minimum atomic E-state index is -3.91. The summed E-state index contributed by atoms with van der Waals surface area (Å²) >= 11 is 5.85. The second-order valence-electron chi connectivity index (χ2n) is 4.46. The number of primary sulfonamides is 1. The quantitative estimate of drug-likeness (QED) is 0.751. The molecule has 2 unspecified atom stereocenters. The standard InChI is InChI=1S/C11H11ClN2O5S/c12-8-2-1-5(20(13,18)19)3-9(8)14-10(15)6-4-7(6)11(16)17/h1-3,6-7H,4H2,(H,14,15)(H,16,17)(H2,13,18,19). The molecule has 2 rings (SSSR count). The number of carbonyl (C=O) groups is 2. The predicted molar refractivity (Wildman–Crippen MR) is 70.7 cm³/mol. The molecule has 0 aliphatic heterocycles. The van der Waals surface area contributed by atoms with Crippen LogP contribution in [0.2, 0.25) is 5.02 Å². The fraction of sp³-hybridized carbons (Fsp3) is 0.273. The minimum Gasteiger partial charge on any atom is -0.481 e. The monoisotopic (exact) mass is 318 g/mol. The molecule has 0 spiro atoms. The van der Waals surface area contributed by atoms with Crippen LogP contribution in [0, 0.1) is 11.8 Å². The second-order valence-corrected chi connectivity index (χ2v) is 6.43. The third-order valence-electron chi connectivity index (χ3n) is 2.97. The van der Waals surface area contributed by atoms with Crippen molar-refractivity contribution in [1.82, 2.24) is 0 Å². The Morgan fingerprint density at radius 3 is 2.50 bits per heavy atom. The number of carboxylic acids is 1. The van der Waals surface area contributed by atoms with Crippen LogP contribution in [0.15, 0.2) is 23.1 Å². The van der Waals surface area contributed by atoms with Crippen LogP contribution in [-0.2, 0) is 19.6 Å². The van der Waals surface area contributed by atoms with Crippen LogP contribution in [0.1, 0.15) is 6.42 Å². The van der Waals surface area contributed by atoms with Crippen molar-refractivity contribution in [2.24, 2.45) is 17.0 Å². The maximum Gasteiger partial charge on any atom is 0.307 e. The number of nitrogens with two attached hydrogens (primary N) is 1. The number of hydrogen-bond acceptors (Lipinski definition) is 4. The summed E-state index contributed by atoms with van der Waals surface area (Å²) in [5.41, 5.74) is 0.0826. The van der Waals surface area contributed by atoms with Gasteiger partial charge in [-0.15, -0.1) is 0 Å². The number of sulfonamides is 1. The number of carboxylic acid groups (broad SMARTS) is 1. The molecule has 1 aliphatic carbocycles. The molecular weight excluding hydrogens is 308 g/mol. The summed E-state index contributed by atoms with van der Waals surface area (Å²) in [6.45, 7) is 0. The summed E-state index contributed by atoms with van der Waals surface area (Å²) in [6.07, 6.45) is 0.258. The van der Waals surface area contributed by atoms with Crippen molar-refractivity contribution >= 4 is 39.2 Å². The van der Waals surface area contributed by atoms with Gasteiger partial charge in [-0.25, -0.2) is 13.6 Å². The normalized spacial score (nSPS) is 21.3. The first kappa shape index (κ1) is 14.8. The summed E-state index contributed by atoms with van der Waals surface area (Å²) in [5.74, 6) is -2.86. The lowest BCUT2D eigenvalue weighted by Gasteiger charge is -2.08. The van der Waals surface area contributed by atoms with Gasteiger partial charge in [0.2, 0.25) is 15.9 Å². The third kappa shape index (κ3) is 3.09. The number of hydrogen-bond donors (Lipinski definition) is 3. The van der Waals surface area contributed by atoms with Crippen LogP contribution in [0.3, 0.4) is 0 Å². The van der Waals surface area contributed by atoms with Crippen LogP contribution < -0.4 is 10.5 Å². The predicted octanol–water partition coefficient (Wildman–Crippen LogP) is 0.647. The molecule has 108 valence electrons. The average Bonchev–Trinajstić information content (AvgIpc) is 3.10. The minimum absolute atomic E-state index is 0.0826. The van der Waals surface area contributed by atoms with Gasteiger partial charge in [-0.1, -0.05) is 11.6 Å². The van der Waals surface area contributed by atoms with Crippen LogP contribution in [0.5, 0.6) is 0 Å². The number of amides is 1. The molecule has 1 saturated carbocycles. The average molecular weight is 319 g/mol. The highest BCUT2D eigenvalue weighted by molar-refractivity contribution is 7.89. The fourth-order valence-electron chi connectivity index (χ4n) is 1.76. The molecule has 1 fully saturated rings. The number of nitrogens with one attached hydrogen (secondary N) is 1. The third-order valence-corrected chi connectivity index (χ3v) is 4.21. The van der Waals surface area contributed by atoms with Crippen LogP contribution in [-0.4, -0.2) is 25.4 Å². The van der Waals surface area contributed by atoms with Crippen molar-refractivity contribution in [2.75, 3.05) is 5.32 Å². The van der Waals surface area contributed by atoms with Gasteiger partial charge in [-0.2, -0.15) is 0 Å². The molecule has 0 aromatic heterocycles. The highest BCUT2D eigenvalue weighted by Crippen LogP contribution is 2.40. The Kier molecular flexibility index (Phi) is 3.72. The Bertz CT molecular complexity index is 688. The number of aliphatic carboxylic acids is 1. The molecule has 7 nitrogen and oxygen atoms in total. The van der Waals surface area contributed by atoms with Crippen LogP contribution in [0.4, 0.5) is 5.69 Å². The molecule has 0 heterocycles. The van der Waals surface area contributed by atoms with Crippen molar-refractivity contribution in [1.29, 1.82) is 0 Å². The Balaban J connectivity index is 2.18. The number of anilines is 1. The zero-order valence-corrected chi connectivity index (χ0v) is 11.6. The van der Waals surface area contributed by atoms with Crippen LogP contribution >= 0.6 is 11.6 Å². The van der Waals surface area contributed by atoms with E-state index in [1.807, 2.05) is 0 Å². The number of benzene rings is 1. The van der Waals surface area contributed by atoms with E-state index >= 15 is 0 Å². The Hall–Kier alpha value is -1.64. The van der Waals surface area contributed by atoms with Gasteiger partial charge < -0.3 is 10.4 Å². The molecule has 0 bridgehead atoms. The van der Waals surface area contributed by atoms with Gasteiger partial charge in [-0.3, -0.25) is 9.59 Å². The largest absolute Gasteiger partial charge is 0.481 e. The number of carbonyl (C=O) groups excluding carboxylic acids is 1. The maximum absolute atomic E-state index is 11.8. The number of rotatable bonds is 4. The SMILES string of the molecule is NS(=O)(=O)c1ccc(Cl)c(NC(=O)C2CC2C(=O)O)c1. The van der Waals surface area contributed by atoms with Gasteiger partial charge in [0.05, 0.1) is 27.4 Å². The first-order valence-corrected chi connectivity index (χ1v) is 7.48. The Labute approximate surface area is 119 Å². The van der Waals surface area contributed by atoms with E-state index in [1.54, 1.807) is 0 Å². The molecule has 0 saturated heterocycles. The van der Waals surface area contributed by atoms with E-state index in [0.29, 0.717) is 0 Å². The zero-order valence-electron chi connectivity index (χ0n) is 10.0. The molecule has 1 aromatic rings. The Morgan fingerprint density at radius 1 is 1.35 bits per heavy atom. The van der Waals surface area contributed by atoms with E-state index in [0.717, 1.165) is 6.07 Å².